The number of epoxide rings is 1. The summed E-state index contributed by atoms with van der Waals surface area (Å²) in [7, 11) is 1.69. The second-order valence-corrected chi connectivity index (χ2v) is 7.91. The Balaban J connectivity index is 2.13. The average molecular weight is 384 g/mol. The van der Waals surface area contributed by atoms with Crippen molar-refractivity contribution < 1.29 is 23.7 Å². The van der Waals surface area contributed by atoms with Crippen molar-refractivity contribution in [1.29, 1.82) is 0 Å². The lowest BCUT2D eigenvalue weighted by molar-refractivity contribution is -0.179. The van der Waals surface area contributed by atoms with Gasteiger partial charge in [0.2, 0.25) is 0 Å². The third-order valence-corrected chi connectivity index (χ3v) is 5.69. The third kappa shape index (κ3) is 5.53. The van der Waals surface area contributed by atoms with Gasteiger partial charge in [0.05, 0.1) is 18.8 Å². The predicted molar refractivity (Wildman–Crippen MR) is 105 cm³/mol. The van der Waals surface area contributed by atoms with Crippen LogP contribution in [0.5, 0.6) is 0 Å². The van der Waals surface area contributed by atoms with Crippen LogP contribution in [0.2, 0.25) is 0 Å². The first-order valence-corrected chi connectivity index (χ1v) is 10.2. The second-order valence-electron chi connectivity index (χ2n) is 7.91. The SMILES string of the molecule is CCNCC(=O)O[C@@H]1CC[C@@H](OCC)[C@@H]([C@@]2(C)OC2CC=C(C)C)[C@@H]1OC. The minimum atomic E-state index is -0.320. The number of rotatable bonds is 10. The van der Waals surface area contributed by atoms with Gasteiger partial charge in [-0.15, -0.1) is 0 Å². The van der Waals surface area contributed by atoms with Crippen LogP contribution in [0.1, 0.15) is 53.9 Å². The van der Waals surface area contributed by atoms with Gasteiger partial charge in [-0.25, -0.2) is 0 Å². The van der Waals surface area contributed by atoms with Crippen LogP contribution in [0.4, 0.5) is 0 Å². The zero-order chi connectivity index (χ0) is 20.0. The number of carbonyl (C=O) groups excluding carboxylic acids is 1. The number of hydrogen-bond donors (Lipinski definition) is 1. The first-order chi connectivity index (χ1) is 12.9. The molecule has 1 saturated heterocycles. The number of esters is 1. The lowest BCUT2D eigenvalue weighted by Crippen LogP contribution is -2.54. The highest BCUT2D eigenvalue weighted by Crippen LogP contribution is 2.52. The fourth-order valence-electron chi connectivity index (χ4n) is 4.26. The van der Waals surface area contributed by atoms with Crippen LogP contribution in [0.3, 0.4) is 0 Å². The van der Waals surface area contributed by atoms with E-state index in [0.717, 1.165) is 25.8 Å². The molecule has 0 spiro atoms. The van der Waals surface area contributed by atoms with Crippen molar-refractivity contribution in [2.24, 2.45) is 5.92 Å². The van der Waals surface area contributed by atoms with E-state index in [1.165, 1.54) is 5.57 Å². The molecule has 1 aliphatic heterocycles. The van der Waals surface area contributed by atoms with Crippen molar-refractivity contribution in [1.82, 2.24) is 5.32 Å². The highest BCUT2D eigenvalue weighted by Gasteiger charge is 2.63. The molecule has 1 aliphatic carbocycles. The topological polar surface area (TPSA) is 69.3 Å². The van der Waals surface area contributed by atoms with Gasteiger partial charge in [0.25, 0.3) is 0 Å². The number of carbonyl (C=O) groups is 1. The van der Waals surface area contributed by atoms with Crippen LogP contribution in [0.15, 0.2) is 11.6 Å². The molecule has 27 heavy (non-hydrogen) atoms. The Morgan fingerprint density at radius 1 is 1.26 bits per heavy atom. The summed E-state index contributed by atoms with van der Waals surface area (Å²) < 4.78 is 23.8. The maximum absolute atomic E-state index is 12.1. The fraction of sp³-hybridized carbons (Fsp3) is 0.857. The van der Waals surface area contributed by atoms with Crippen LogP contribution in [-0.2, 0) is 23.7 Å². The van der Waals surface area contributed by atoms with Crippen LogP contribution in [0.25, 0.3) is 0 Å². The van der Waals surface area contributed by atoms with Crippen LogP contribution >= 0.6 is 0 Å². The van der Waals surface area contributed by atoms with Gasteiger partial charge >= 0.3 is 5.97 Å². The molecule has 1 saturated carbocycles. The smallest absolute Gasteiger partial charge is 0.320 e. The maximum atomic E-state index is 12.1. The van der Waals surface area contributed by atoms with E-state index < -0.39 is 0 Å². The first-order valence-electron chi connectivity index (χ1n) is 10.2. The van der Waals surface area contributed by atoms with Crippen molar-refractivity contribution in [2.45, 2.75) is 83.9 Å². The normalized spacial score (nSPS) is 35.6. The monoisotopic (exact) mass is 383 g/mol. The number of methoxy groups -OCH3 is 1. The largest absolute Gasteiger partial charge is 0.459 e. The number of hydrogen-bond acceptors (Lipinski definition) is 6. The molecule has 0 aromatic rings. The average Bonchev–Trinajstić information content (AvgIpc) is 3.30. The maximum Gasteiger partial charge on any atom is 0.320 e. The Bertz CT molecular complexity index is 519. The van der Waals surface area contributed by atoms with Gasteiger partial charge in [-0.1, -0.05) is 18.6 Å². The molecule has 156 valence electrons. The molecule has 0 radical (unpaired) electrons. The summed E-state index contributed by atoms with van der Waals surface area (Å²) in [6.07, 6.45) is 4.37. The Morgan fingerprint density at radius 2 is 1.96 bits per heavy atom. The summed E-state index contributed by atoms with van der Waals surface area (Å²) in [5.41, 5.74) is 0.968. The fourth-order valence-corrected chi connectivity index (χ4v) is 4.26. The van der Waals surface area contributed by atoms with Gasteiger partial charge in [0.15, 0.2) is 0 Å². The summed E-state index contributed by atoms with van der Waals surface area (Å²) in [6.45, 7) is 11.9. The van der Waals surface area contributed by atoms with Crippen molar-refractivity contribution in [3.63, 3.8) is 0 Å². The summed E-state index contributed by atoms with van der Waals surface area (Å²) in [5, 5.41) is 3.02. The summed E-state index contributed by atoms with van der Waals surface area (Å²) in [6, 6.07) is 0. The molecule has 0 amide bonds. The zero-order valence-corrected chi connectivity index (χ0v) is 17.7. The lowest BCUT2D eigenvalue weighted by atomic mass is 9.73. The van der Waals surface area contributed by atoms with Crippen LogP contribution in [-0.4, -0.2) is 62.8 Å². The van der Waals surface area contributed by atoms with E-state index in [1.54, 1.807) is 7.11 Å². The number of likely N-dealkylation sites (N-methyl/N-ethyl adjacent to an activating group) is 1. The van der Waals surface area contributed by atoms with Gasteiger partial charge < -0.3 is 24.3 Å². The van der Waals surface area contributed by atoms with Gasteiger partial charge in [-0.3, -0.25) is 4.79 Å². The molecule has 2 fully saturated rings. The molecular weight excluding hydrogens is 346 g/mol. The molecular formula is C21H37NO5. The van der Waals surface area contributed by atoms with Crippen LogP contribution in [0, 0.1) is 5.92 Å². The Hall–Kier alpha value is -0.950. The van der Waals surface area contributed by atoms with Crippen molar-refractivity contribution in [2.75, 3.05) is 26.8 Å². The van der Waals surface area contributed by atoms with E-state index >= 15 is 0 Å². The minimum Gasteiger partial charge on any atom is -0.459 e. The number of ether oxygens (including phenoxy) is 4. The van der Waals surface area contributed by atoms with E-state index in [9.17, 15) is 4.79 Å². The number of nitrogens with one attached hydrogen (secondary N) is 1. The molecule has 6 nitrogen and oxygen atoms in total. The minimum absolute atomic E-state index is 0.0312. The van der Waals surface area contributed by atoms with Gasteiger partial charge in [0, 0.05) is 19.6 Å². The summed E-state index contributed by atoms with van der Waals surface area (Å²) in [4.78, 5) is 12.1. The first kappa shape index (κ1) is 22.3. The second kappa shape index (κ2) is 10.0. The highest BCUT2D eigenvalue weighted by molar-refractivity contribution is 5.71. The molecule has 1 N–H and O–H groups in total. The van der Waals surface area contributed by atoms with Crippen molar-refractivity contribution >= 4 is 5.97 Å². The molecule has 6 atom stereocenters. The van der Waals surface area contributed by atoms with Gasteiger partial charge in [-0.2, -0.15) is 0 Å². The highest BCUT2D eigenvalue weighted by atomic mass is 16.6. The third-order valence-electron chi connectivity index (χ3n) is 5.69. The zero-order valence-electron chi connectivity index (χ0n) is 17.7. The summed E-state index contributed by atoms with van der Waals surface area (Å²) >= 11 is 0. The van der Waals surface area contributed by atoms with E-state index in [1.807, 2.05) is 13.8 Å². The van der Waals surface area contributed by atoms with Crippen LogP contribution < -0.4 is 5.32 Å². The molecule has 0 aromatic heterocycles. The van der Waals surface area contributed by atoms with Crippen molar-refractivity contribution in [3.05, 3.63) is 11.6 Å². The molecule has 6 heteroatoms. The van der Waals surface area contributed by atoms with E-state index in [0.29, 0.717) is 6.61 Å². The molecule has 1 unspecified atom stereocenters. The predicted octanol–water partition coefficient (Wildman–Crippen LogP) is 2.85. The Labute approximate surface area is 164 Å². The molecule has 2 aliphatic rings. The van der Waals surface area contributed by atoms with Gasteiger partial charge in [0.1, 0.15) is 17.8 Å². The van der Waals surface area contributed by atoms with Gasteiger partial charge in [-0.05, 0) is 53.5 Å². The molecule has 0 bridgehead atoms. The number of allylic oxidation sites excluding steroid dienone is 1. The van der Waals surface area contributed by atoms with E-state index in [4.69, 9.17) is 18.9 Å². The summed E-state index contributed by atoms with van der Waals surface area (Å²) in [5.74, 6) is -0.204. The molecule has 2 rings (SSSR count). The van der Waals surface area contributed by atoms with E-state index in [-0.39, 0.29) is 48.4 Å². The van der Waals surface area contributed by atoms with E-state index in [2.05, 4.69) is 32.2 Å². The lowest BCUT2D eigenvalue weighted by Gasteiger charge is -2.43. The standard InChI is InChI=1S/C21H37NO5/c1-7-22-13-18(23)26-16-11-10-15(25-8-2)19(20(16)24-6)21(5)17(27-21)12-9-14(3)4/h9,15-17,19-20,22H,7-8,10-13H2,1-6H3/t15-,16-,17?,19-,20-,21+/m1/s1. The Kier molecular flexibility index (Phi) is 8.28. The quantitative estimate of drug-likeness (QED) is 0.355. The molecule has 1 heterocycles. The van der Waals surface area contributed by atoms with Crippen molar-refractivity contribution in [3.8, 4) is 0 Å². The Morgan fingerprint density at radius 3 is 2.56 bits per heavy atom. The molecule has 0 aromatic carbocycles.